The van der Waals surface area contributed by atoms with E-state index in [0.717, 1.165) is 24.2 Å². The van der Waals surface area contributed by atoms with Gasteiger partial charge >= 0.3 is 0 Å². The summed E-state index contributed by atoms with van der Waals surface area (Å²) in [6.07, 6.45) is 17.2. The van der Waals surface area contributed by atoms with E-state index in [4.69, 9.17) is 9.47 Å². The zero-order chi connectivity index (χ0) is 19.6. The van der Waals surface area contributed by atoms with Gasteiger partial charge in [0.15, 0.2) is 0 Å². The number of benzene rings is 1. The first-order chi connectivity index (χ1) is 13.3. The van der Waals surface area contributed by atoms with Crippen molar-refractivity contribution in [1.82, 2.24) is 0 Å². The second-order valence-corrected chi connectivity index (χ2v) is 7.64. The van der Waals surface area contributed by atoms with Crippen LogP contribution in [0.3, 0.4) is 0 Å². The Hall–Kier alpha value is -1.06. The maximum atomic E-state index is 9.52. The quantitative estimate of drug-likeness (QED) is 0.290. The van der Waals surface area contributed by atoms with E-state index in [-0.39, 0.29) is 12.7 Å². The number of hydrogen-bond donors (Lipinski definition) is 1. The molecule has 3 heteroatoms. The normalized spacial score (nSPS) is 12.3. The van der Waals surface area contributed by atoms with Crippen molar-refractivity contribution in [3.63, 3.8) is 0 Å². The minimum atomic E-state index is -0.0461. The smallest absolute Gasteiger partial charge is 0.118 e. The Morgan fingerprint density at radius 3 is 1.78 bits per heavy atom. The van der Waals surface area contributed by atoms with E-state index in [0.29, 0.717) is 6.61 Å². The van der Waals surface area contributed by atoms with Crippen molar-refractivity contribution < 1.29 is 14.6 Å². The number of hydrogen-bond acceptors (Lipinski definition) is 3. The molecular formula is C24H42O3. The molecular weight excluding hydrogens is 336 g/mol. The van der Waals surface area contributed by atoms with Crippen LogP contribution in [-0.4, -0.2) is 24.9 Å². The van der Waals surface area contributed by atoms with Gasteiger partial charge in [-0.3, -0.25) is 0 Å². The number of aliphatic hydroxyl groups excluding tert-OH is 1. The Balaban J connectivity index is 1.96. The van der Waals surface area contributed by atoms with Crippen molar-refractivity contribution in [3.8, 4) is 5.75 Å². The lowest BCUT2D eigenvalue weighted by Crippen LogP contribution is -2.17. The van der Waals surface area contributed by atoms with Gasteiger partial charge in [-0.1, -0.05) is 96.1 Å². The highest BCUT2D eigenvalue weighted by Gasteiger charge is 2.08. The zero-order valence-corrected chi connectivity index (χ0v) is 17.8. The van der Waals surface area contributed by atoms with Crippen LogP contribution < -0.4 is 4.74 Å². The van der Waals surface area contributed by atoms with Gasteiger partial charge in [0.2, 0.25) is 0 Å². The van der Waals surface area contributed by atoms with Gasteiger partial charge < -0.3 is 14.6 Å². The summed E-state index contributed by atoms with van der Waals surface area (Å²) in [4.78, 5) is 0. The second kappa shape index (κ2) is 17.1. The lowest BCUT2D eigenvalue weighted by molar-refractivity contribution is -0.00349. The summed E-state index contributed by atoms with van der Waals surface area (Å²) < 4.78 is 11.0. The average Bonchev–Trinajstić information content (AvgIpc) is 2.71. The first-order valence-electron chi connectivity index (χ1n) is 11.2. The molecule has 27 heavy (non-hydrogen) atoms. The van der Waals surface area contributed by atoms with Crippen LogP contribution in [0.15, 0.2) is 24.3 Å². The van der Waals surface area contributed by atoms with Crippen LogP contribution in [0.25, 0.3) is 0 Å². The molecule has 1 aromatic rings. The SMILES string of the molecule is CCCCCCCCCCCCCC[C@H](CO)OCc1ccc(OC)cc1. The van der Waals surface area contributed by atoms with E-state index in [9.17, 15) is 5.11 Å². The van der Waals surface area contributed by atoms with Gasteiger partial charge in [-0.25, -0.2) is 0 Å². The van der Waals surface area contributed by atoms with Gasteiger partial charge in [-0.15, -0.1) is 0 Å². The van der Waals surface area contributed by atoms with Gasteiger partial charge in [0.25, 0.3) is 0 Å². The molecule has 0 bridgehead atoms. The molecule has 0 saturated carbocycles. The Morgan fingerprint density at radius 2 is 1.30 bits per heavy atom. The van der Waals surface area contributed by atoms with E-state index >= 15 is 0 Å². The molecule has 0 aliphatic carbocycles. The minimum absolute atomic E-state index is 0.0461. The summed E-state index contributed by atoms with van der Waals surface area (Å²) in [7, 11) is 1.67. The highest BCUT2D eigenvalue weighted by atomic mass is 16.5. The van der Waals surface area contributed by atoms with Crippen molar-refractivity contribution in [2.24, 2.45) is 0 Å². The first kappa shape index (κ1) is 24.0. The molecule has 0 radical (unpaired) electrons. The Kier molecular flexibility index (Phi) is 15.2. The van der Waals surface area contributed by atoms with Crippen LogP contribution in [0.4, 0.5) is 0 Å². The van der Waals surface area contributed by atoms with Gasteiger partial charge in [-0.05, 0) is 24.1 Å². The molecule has 1 aromatic carbocycles. The van der Waals surface area contributed by atoms with Crippen molar-refractivity contribution in [2.45, 2.75) is 103 Å². The first-order valence-corrected chi connectivity index (χ1v) is 11.2. The number of ether oxygens (including phenoxy) is 2. The molecule has 0 heterocycles. The monoisotopic (exact) mass is 378 g/mol. The molecule has 0 aliphatic heterocycles. The Morgan fingerprint density at radius 1 is 0.778 bits per heavy atom. The number of aliphatic hydroxyl groups is 1. The van der Waals surface area contributed by atoms with E-state index < -0.39 is 0 Å². The topological polar surface area (TPSA) is 38.7 Å². The predicted octanol–water partition coefficient (Wildman–Crippen LogP) is 6.66. The average molecular weight is 379 g/mol. The van der Waals surface area contributed by atoms with Gasteiger partial charge in [0.1, 0.15) is 5.75 Å². The molecule has 156 valence electrons. The van der Waals surface area contributed by atoms with Crippen LogP contribution in [0.1, 0.15) is 96.0 Å². The molecule has 0 unspecified atom stereocenters. The highest BCUT2D eigenvalue weighted by molar-refractivity contribution is 5.26. The van der Waals surface area contributed by atoms with Crippen LogP contribution in [0, 0.1) is 0 Å². The maximum Gasteiger partial charge on any atom is 0.118 e. The van der Waals surface area contributed by atoms with E-state index in [2.05, 4.69) is 6.92 Å². The van der Waals surface area contributed by atoms with Gasteiger partial charge in [0.05, 0.1) is 26.4 Å². The fraction of sp³-hybridized carbons (Fsp3) is 0.750. The zero-order valence-electron chi connectivity index (χ0n) is 17.8. The molecule has 1 rings (SSSR count). The van der Waals surface area contributed by atoms with Crippen LogP contribution in [0.2, 0.25) is 0 Å². The largest absolute Gasteiger partial charge is 0.497 e. The third-order valence-corrected chi connectivity index (χ3v) is 5.23. The molecule has 0 aromatic heterocycles. The number of rotatable bonds is 18. The van der Waals surface area contributed by atoms with Gasteiger partial charge in [-0.2, -0.15) is 0 Å². The molecule has 0 amide bonds. The summed E-state index contributed by atoms with van der Waals surface area (Å²) in [6, 6.07) is 7.91. The van der Waals surface area contributed by atoms with Crippen LogP contribution in [-0.2, 0) is 11.3 Å². The second-order valence-electron chi connectivity index (χ2n) is 7.64. The molecule has 0 aliphatic rings. The Bertz CT molecular complexity index is 430. The van der Waals surface area contributed by atoms with E-state index in [1.54, 1.807) is 7.11 Å². The van der Waals surface area contributed by atoms with Crippen molar-refractivity contribution >= 4 is 0 Å². The third kappa shape index (κ3) is 12.9. The fourth-order valence-corrected chi connectivity index (χ4v) is 3.38. The molecule has 1 atom stereocenters. The number of unbranched alkanes of at least 4 members (excludes halogenated alkanes) is 11. The molecule has 0 saturated heterocycles. The summed E-state index contributed by atoms with van der Waals surface area (Å²) >= 11 is 0. The highest BCUT2D eigenvalue weighted by Crippen LogP contribution is 2.16. The summed E-state index contributed by atoms with van der Waals surface area (Å²) in [5, 5.41) is 9.52. The number of methoxy groups -OCH3 is 1. The minimum Gasteiger partial charge on any atom is -0.497 e. The van der Waals surface area contributed by atoms with Crippen molar-refractivity contribution in [2.75, 3.05) is 13.7 Å². The lowest BCUT2D eigenvalue weighted by Gasteiger charge is -2.15. The molecule has 3 nitrogen and oxygen atoms in total. The summed E-state index contributed by atoms with van der Waals surface area (Å²) in [5.74, 6) is 0.856. The predicted molar refractivity (Wildman–Crippen MR) is 114 cm³/mol. The fourth-order valence-electron chi connectivity index (χ4n) is 3.38. The van der Waals surface area contributed by atoms with Crippen molar-refractivity contribution in [1.29, 1.82) is 0 Å². The van der Waals surface area contributed by atoms with Crippen molar-refractivity contribution in [3.05, 3.63) is 29.8 Å². The third-order valence-electron chi connectivity index (χ3n) is 5.23. The molecule has 0 fully saturated rings. The van der Waals surface area contributed by atoms with Crippen LogP contribution >= 0.6 is 0 Å². The van der Waals surface area contributed by atoms with Gasteiger partial charge in [0, 0.05) is 0 Å². The Labute approximate surface area is 167 Å². The molecule has 1 N–H and O–H groups in total. The van der Waals surface area contributed by atoms with E-state index in [1.807, 2.05) is 24.3 Å². The summed E-state index contributed by atoms with van der Waals surface area (Å²) in [6.45, 7) is 2.93. The van der Waals surface area contributed by atoms with E-state index in [1.165, 1.54) is 70.6 Å². The summed E-state index contributed by atoms with van der Waals surface area (Å²) in [5.41, 5.74) is 1.11. The van der Waals surface area contributed by atoms with Crippen LogP contribution in [0.5, 0.6) is 5.75 Å². The maximum absolute atomic E-state index is 9.52. The standard InChI is InChI=1S/C24H42O3/c1-3-4-5-6-7-8-9-10-11-12-13-14-15-24(20-25)27-21-22-16-18-23(26-2)19-17-22/h16-19,24-25H,3-15,20-21H2,1-2H3/t24-/m1/s1. The lowest BCUT2D eigenvalue weighted by atomic mass is 10.0. The molecule has 0 spiro atoms.